The van der Waals surface area contributed by atoms with E-state index in [4.69, 9.17) is 8.83 Å². The van der Waals surface area contributed by atoms with Gasteiger partial charge in [-0.1, -0.05) is 0 Å². The number of rotatable bonds is 3. The van der Waals surface area contributed by atoms with Crippen LogP contribution in [0.4, 0.5) is 0 Å². The molecule has 20 heavy (non-hydrogen) atoms. The number of nitrogens with zero attached hydrogens (tertiary/aromatic N) is 1. The molecule has 1 aromatic carbocycles. The highest BCUT2D eigenvalue weighted by Gasteiger charge is 2.15. The quantitative estimate of drug-likeness (QED) is 0.687. The van der Waals surface area contributed by atoms with Crippen molar-refractivity contribution in [2.75, 3.05) is 0 Å². The lowest BCUT2D eigenvalue weighted by Gasteiger charge is -1.99. The second-order valence-corrected chi connectivity index (χ2v) is 4.57. The number of oxazole rings is 1. The van der Waals surface area contributed by atoms with Crippen LogP contribution in [0.5, 0.6) is 0 Å². The Morgan fingerprint density at radius 2 is 2.05 bits per heavy atom. The molecule has 0 radical (unpaired) electrons. The fourth-order valence-electron chi connectivity index (χ4n) is 2.24. The lowest BCUT2D eigenvalue weighted by Crippen LogP contribution is -2.11. The van der Waals surface area contributed by atoms with E-state index in [0.717, 1.165) is 0 Å². The highest BCUT2D eigenvalue weighted by Crippen LogP contribution is 2.18. The number of carbonyl (C=O) groups is 1. The number of ketones is 1. The van der Waals surface area contributed by atoms with Gasteiger partial charge >= 0.3 is 5.76 Å². The minimum Gasteiger partial charge on any atom is -0.469 e. The molecule has 3 aromatic rings. The topological polar surface area (TPSA) is 65.3 Å². The number of aromatic nitrogens is 1. The molecular weight excluding hydrogens is 258 g/mol. The molecule has 0 unspecified atom stereocenters. The predicted molar refractivity (Wildman–Crippen MR) is 73.0 cm³/mol. The second kappa shape index (κ2) is 4.52. The molecule has 0 amide bonds. The monoisotopic (exact) mass is 271 g/mol. The Morgan fingerprint density at radius 3 is 2.70 bits per heavy atom. The van der Waals surface area contributed by atoms with E-state index in [2.05, 4.69) is 0 Å². The molecule has 5 heteroatoms. The first kappa shape index (κ1) is 12.5. The Bertz CT molecular complexity index is 850. The van der Waals surface area contributed by atoms with Crippen molar-refractivity contribution in [3.05, 3.63) is 58.0 Å². The van der Waals surface area contributed by atoms with Crippen molar-refractivity contribution in [1.82, 2.24) is 4.57 Å². The predicted octanol–water partition coefficient (Wildman–Crippen LogP) is 2.75. The van der Waals surface area contributed by atoms with Gasteiger partial charge in [0.2, 0.25) is 0 Å². The molecule has 2 heterocycles. The molecule has 102 valence electrons. The first-order chi connectivity index (χ1) is 9.60. The summed E-state index contributed by atoms with van der Waals surface area (Å²) in [6.07, 6.45) is 1.43. The average molecular weight is 271 g/mol. The van der Waals surface area contributed by atoms with E-state index in [1.807, 2.05) is 6.92 Å². The minimum absolute atomic E-state index is 0.157. The van der Waals surface area contributed by atoms with Crippen LogP contribution in [0, 0.1) is 6.92 Å². The lowest BCUT2D eigenvalue weighted by atomic mass is 10.1. The third-order valence-electron chi connectivity index (χ3n) is 3.24. The Labute approximate surface area is 114 Å². The first-order valence-corrected chi connectivity index (χ1v) is 6.33. The van der Waals surface area contributed by atoms with E-state index in [1.165, 1.54) is 10.8 Å². The van der Waals surface area contributed by atoms with Crippen molar-refractivity contribution >= 4 is 16.9 Å². The van der Waals surface area contributed by atoms with Gasteiger partial charge in [-0.3, -0.25) is 9.36 Å². The maximum Gasteiger partial charge on any atom is 0.419 e. The average Bonchev–Trinajstić information content (AvgIpc) is 2.99. The van der Waals surface area contributed by atoms with Gasteiger partial charge in [-0.25, -0.2) is 4.79 Å². The molecule has 0 aliphatic carbocycles. The largest absolute Gasteiger partial charge is 0.469 e. The van der Waals surface area contributed by atoms with Crippen molar-refractivity contribution < 1.29 is 13.6 Å². The van der Waals surface area contributed by atoms with Gasteiger partial charge in [-0.2, -0.15) is 0 Å². The van der Waals surface area contributed by atoms with Crippen LogP contribution in [-0.2, 0) is 6.54 Å². The lowest BCUT2D eigenvalue weighted by molar-refractivity contribution is 0.103. The number of hydrogen-bond acceptors (Lipinski definition) is 4. The summed E-state index contributed by atoms with van der Waals surface area (Å²) in [5, 5.41) is 0. The molecular formula is C15H13NO4. The zero-order chi connectivity index (χ0) is 14.3. The third kappa shape index (κ3) is 1.87. The normalized spacial score (nSPS) is 11.1. The van der Waals surface area contributed by atoms with Gasteiger partial charge in [0, 0.05) is 12.1 Å². The van der Waals surface area contributed by atoms with Gasteiger partial charge in [0.1, 0.15) is 12.0 Å². The van der Waals surface area contributed by atoms with E-state index in [9.17, 15) is 9.59 Å². The van der Waals surface area contributed by atoms with Gasteiger partial charge in [0.05, 0.1) is 11.1 Å². The van der Waals surface area contributed by atoms with Crippen molar-refractivity contribution in [2.24, 2.45) is 0 Å². The van der Waals surface area contributed by atoms with E-state index in [-0.39, 0.29) is 5.78 Å². The van der Waals surface area contributed by atoms with Crippen LogP contribution in [-0.4, -0.2) is 10.4 Å². The van der Waals surface area contributed by atoms with Gasteiger partial charge in [-0.05, 0) is 38.1 Å². The number of aryl methyl sites for hydroxylation is 2. The summed E-state index contributed by atoms with van der Waals surface area (Å²) in [6.45, 7) is 4.17. The molecule has 2 aromatic heterocycles. The van der Waals surface area contributed by atoms with Gasteiger partial charge < -0.3 is 8.83 Å². The molecule has 0 spiro atoms. The maximum atomic E-state index is 12.3. The van der Waals surface area contributed by atoms with Crippen LogP contribution < -0.4 is 5.76 Å². The van der Waals surface area contributed by atoms with Crippen molar-refractivity contribution in [3.63, 3.8) is 0 Å². The maximum absolute atomic E-state index is 12.3. The zero-order valence-corrected chi connectivity index (χ0v) is 11.2. The summed E-state index contributed by atoms with van der Waals surface area (Å²) in [7, 11) is 0. The highest BCUT2D eigenvalue weighted by molar-refractivity contribution is 6.10. The molecule has 0 atom stereocenters. The Kier molecular flexibility index (Phi) is 2.82. The summed E-state index contributed by atoms with van der Waals surface area (Å²) in [5.74, 6) is 0.111. The molecule has 0 saturated heterocycles. The SMILES string of the molecule is CCn1c(=O)oc2cc(C(=O)c3coc(C)c3)ccc21. The van der Waals surface area contributed by atoms with Crippen molar-refractivity contribution in [3.8, 4) is 0 Å². The minimum atomic E-state index is -0.411. The van der Waals surface area contributed by atoms with Crippen LogP contribution in [0.2, 0.25) is 0 Å². The summed E-state index contributed by atoms with van der Waals surface area (Å²) in [6, 6.07) is 6.69. The molecule has 0 saturated carbocycles. The first-order valence-electron chi connectivity index (χ1n) is 6.33. The Balaban J connectivity index is 2.09. The van der Waals surface area contributed by atoms with Crippen molar-refractivity contribution in [1.29, 1.82) is 0 Å². The van der Waals surface area contributed by atoms with Crippen molar-refractivity contribution in [2.45, 2.75) is 20.4 Å². The fraction of sp³-hybridized carbons (Fsp3) is 0.200. The molecule has 0 fully saturated rings. The number of carbonyl (C=O) groups excluding carboxylic acids is 1. The molecule has 0 aliphatic heterocycles. The fourth-order valence-corrected chi connectivity index (χ4v) is 2.24. The van der Waals surface area contributed by atoms with E-state index >= 15 is 0 Å². The molecule has 0 bridgehead atoms. The highest BCUT2D eigenvalue weighted by atomic mass is 16.4. The second-order valence-electron chi connectivity index (χ2n) is 4.57. The summed E-state index contributed by atoms with van der Waals surface area (Å²) in [4.78, 5) is 23.9. The summed E-state index contributed by atoms with van der Waals surface area (Å²) in [5.41, 5.74) is 2.06. The number of fused-ring (bicyclic) bond motifs is 1. The van der Waals surface area contributed by atoms with E-state index < -0.39 is 5.76 Å². The molecule has 3 rings (SSSR count). The van der Waals surface area contributed by atoms with Gasteiger partial charge in [-0.15, -0.1) is 0 Å². The number of furan rings is 1. The van der Waals surface area contributed by atoms with E-state index in [1.54, 1.807) is 31.2 Å². The Morgan fingerprint density at radius 1 is 1.25 bits per heavy atom. The van der Waals surface area contributed by atoms with Crippen LogP contribution in [0.15, 0.2) is 44.2 Å². The summed E-state index contributed by atoms with van der Waals surface area (Å²) >= 11 is 0. The number of hydrogen-bond donors (Lipinski definition) is 0. The van der Waals surface area contributed by atoms with Crippen LogP contribution in [0.25, 0.3) is 11.1 Å². The zero-order valence-electron chi connectivity index (χ0n) is 11.2. The van der Waals surface area contributed by atoms with E-state index in [0.29, 0.717) is 34.5 Å². The molecule has 5 nitrogen and oxygen atoms in total. The third-order valence-corrected chi connectivity index (χ3v) is 3.24. The molecule has 0 aliphatic rings. The number of benzene rings is 1. The smallest absolute Gasteiger partial charge is 0.419 e. The Hall–Kier alpha value is -2.56. The van der Waals surface area contributed by atoms with Crippen LogP contribution in [0.3, 0.4) is 0 Å². The van der Waals surface area contributed by atoms with Gasteiger partial charge in [0.15, 0.2) is 11.4 Å². The van der Waals surface area contributed by atoms with Crippen LogP contribution >= 0.6 is 0 Å². The van der Waals surface area contributed by atoms with Crippen LogP contribution in [0.1, 0.15) is 28.6 Å². The molecule has 0 N–H and O–H groups in total. The summed E-state index contributed by atoms with van der Waals surface area (Å²) < 4.78 is 11.8. The standard InChI is InChI=1S/C15H13NO4/c1-3-16-12-5-4-10(7-13(12)20-15(16)18)14(17)11-6-9(2)19-8-11/h4-8H,3H2,1-2H3. The van der Waals surface area contributed by atoms with Gasteiger partial charge in [0.25, 0.3) is 0 Å².